The monoisotopic (exact) mass is 390 g/mol. The number of hydrogen-bond acceptors (Lipinski definition) is 6. The Hall–Kier alpha value is -3.94. The van der Waals surface area contributed by atoms with Crippen LogP contribution in [0.5, 0.6) is 5.75 Å². The van der Waals surface area contributed by atoms with Gasteiger partial charge in [-0.25, -0.2) is 14.4 Å². The molecule has 2 heterocycles. The lowest BCUT2D eigenvalue weighted by molar-refractivity contribution is 0.414. The van der Waals surface area contributed by atoms with E-state index in [-0.39, 0.29) is 5.82 Å². The zero-order valence-corrected chi connectivity index (χ0v) is 15.7. The van der Waals surface area contributed by atoms with E-state index in [2.05, 4.69) is 30.8 Å². The van der Waals surface area contributed by atoms with Crippen LogP contribution in [0.25, 0.3) is 11.1 Å². The number of nitrogens with one attached hydrogen (secondary N) is 3. The third-order valence-electron chi connectivity index (χ3n) is 4.34. The molecule has 0 amide bonds. The van der Waals surface area contributed by atoms with Gasteiger partial charge in [-0.3, -0.25) is 5.10 Å². The van der Waals surface area contributed by atoms with Gasteiger partial charge in [0.1, 0.15) is 29.5 Å². The molecule has 0 unspecified atom stereocenters. The molecule has 0 spiro atoms. The summed E-state index contributed by atoms with van der Waals surface area (Å²) in [4.78, 5) is 8.38. The third kappa shape index (κ3) is 4.49. The molecule has 0 saturated heterocycles. The van der Waals surface area contributed by atoms with Crippen LogP contribution in [-0.2, 0) is 6.54 Å². The van der Waals surface area contributed by atoms with Gasteiger partial charge in [0.15, 0.2) is 0 Å². The largest absolute Gasteiger partial charge is 0.497 e. The molecule has 0 aliphatic rings. The minimum Gasteiger partial charge on any atom is -0.497 e. The zero-order valence-electron chi connectivity index (χ0n) is 15.7. The van der Waals surface area contributed by atoms with Gasteiger partial charge < -0.3 is 15.4 Å². The Morgan fingerprint density at radius 2 is 1.93 bits per heavy atom. The molecule has 0 fully saturated rings. The van der Waals surface area contributed by atoms with E-state index >= 15 is 0 Å². The van der Waals surface area contributed by atoms with Crippen molar-refractivity contribution >= 4 is 17.3 Å². The van der Waals surface area contributed by atoms with E-state index in [0.717, 1.165) is 22.4 Å². The van der Waals surface area contributed by atoms with E-state index in [0.29, 0.717) is 23.9 Å². The summed E-state index contributed by atoms with van der Waals surface area (Å²) in [7, 11) is 1.63. The summed E-state index contributed by atoms with van der Waals surface area (Å²) in [6, 6.07) is 14.4. The first-order valence-electron chi connectivity index (χ1n) is 8.96. The fourth-order valence-electron chi connectivity index (χ4n) is 2.84. The number of halogens is 1. The Kier molecular flexibility index (Phi) is 5.33. The highest BCUT2D eigenvalue weighted by Crippen LogP contribution is 2.25. The van der Waals surface area contributed by atoms with Crippen LogP contribution >= 0.6 is 0 Å². The van der Waals surface area contributed by atoms with E-state index in [9.17, 15) is 4.39 Å². The second-order valence-corrected chi connectivity index (χ2v) is 6.30. The van der Waals surface area contributed by atoms with Crippen LogP contribution in [0.1, 0.15) is 5.56 Å². The molecule has 8 heteroatoms. The minimum absolute atomic E-state index is 0.328. The summed E-state index contributed by atoms with van der Waals surface area (Å²) in [6.45, 7) is 0.571. The van der Waals surface area contributed by atoms with Crippen molar-refractivity contribution in [3.8, 4) is 16.9 Å². The first kappa shape index (κ1) is 18.4. The number of anilines is 3. The molecular formula is C21H19FN6O. The van der Waals surface area contributed by atoms with Crippen molar-refractivity contribution in [2.45, 2.75) is 6.54 Å². The van der Waals surface area contributed by atoms with Gasteiger partial charge in [-0.15, -0.1) is 0 Å². The van der Waals surface area contributed by atoms with Gasteiger partial charge in [0, 0.05) is 24.4 Å². The molecule has 0 aliphatic carbocycles. The molecule has 0 saturated carbocycles. The lowest BCUT2D eigenvalue weighted by Gasteiger charge is -2.10. The second kappa shape index (κ2) is 8.39. The molecule has 2 aromatic carbocycles. The van der Waals surface area contributed by atoms with E-state index < -0.39 is 0 Å². The molecular weight excluding hydrogens is 371 g/mol. The number of hydrogen-bond donors (Lipinski definition) is 3. The average molecular weight is 390 g/mol. The predicted molar refractivity (Wildman–Crippen MR) is 110 cm³/mol. The van der Waals surface area contributed by atoms with Gasteiger partial charge >= 0.3 is 0 Å². The standard InChI is InChI=1S/C21H19FN6O/c1-29-17-4-2-3-14(7-17)10-23-20-9-21(25-13-24-20)28-19-6-5-15(8-18(19)22)16-11-26-27-12-16/h2-9,11-13H,10H2,1H3,(H,26,27)(H2,23,24,25,28). The van der Waals surface area contributed by atoms with Crippen LogP contribution in [0.2, 0.25) is 0 Å². The van der Waals surface area contributed by atoms with Gasteiger partial charge in [-0.2, -0.15) is 5.10 Å². The van der Waals surface area contributed by atoms with Gasteiger partial charge in [0.05, 0.1) is 19.0 Å². The summed E-state index contributed by atoms with van der Waals surface area (Å²) in [5, 5.41) is 12.8. The maximum absolute atomic E-state index is 14.5. The van der Waals surface area contributed by atoms with Crippen LogP contribution in [0.4, 0.5) is 21.7 Å². The van der Waals surface area contributed by atoms with Crippen molar-refractivity contribution in [3.05, 3.63) is 78.6 Å². The maximum atomic E-state index is 14.5. The van der Waals surface area contributed by atoms with Crippen LogP contribution in [0.15, 0.2) is 67.3 Å². The van der Waals surface area contributed by atoms with Crippen LogP contribution in [-0.4, -0.2) is 27.3 Å². The normalized spacial score (nSPS) is 10.6. The molecule has 4 aromatic rings. The van der Waals surface area contributed by atoms with E-state index in [1.165, 1.54) is 12.4 Å². The summed E-state index contributed by atoms with van der Waals surface area (Å²) >= 11 is 0. The molecule has 4 rings (SSSR count). The SMILES string of the molecule is COc1cccc(CNc2cc(Nc3ccc(-c4cn[nH]c4)cc3F)ncn2)c1. The highest BCUT2D eigenvalue weighted by Gasteiger charge is 2.08. The van der Waals surface area contributed by atoms with Crippen molar-refractivity contribution < 1.29 is 9.13 Å². The lowest BCUT2D eigenvalue weighted by Crippen LogP contribution is -2.03. The fourth-order valence-corrected chi connectivity index (χ4v) is 2.84. The summed E-state index contributed by atoms with van der Waals surface area (Å²) < 4.78 is 19.7. The van der Waals surface area contributed by atoms with E-state index in [1.807, 2.05) is 30.3 Å². The Morgan fingerprint density at radius 3 is 2.72 bits per heavy atom. The molecule has 0 radical (unpaired) electrons. The maximum Gasteiger partial charge on any atom is 0.147 e. The third-order valence-corrected chi connectivity index (χ3v) is 4.34. The number of benzene rings is 2. The van der Waals surface area contributed by atoms with Gasteiger partial charge in [-0.1, -0.05) is 18.2 Å². The van der Waals surface area contributed by atoms with Gasteiger partial charge in [-0.05, 0) is 35.4 Å². The van der Waals surface area contributed by atoms with Crippen LogP contribution in [0, 0.1) is 5.82 Å². The van der Waals surface area contributed by atoms with Crippen molar-refractivity contribution in [3.63, 3.8) is 0 Å². The van der Waals surface area contributed by atoms with Crippen LogP contribution < -0.4 is 15.4 Å². The van der Waals surface area contributed by atoms with Crippen molar-refractivity contribution in [1.82, 2.24) is 20.2 Å². The smallest absolute Gasteiger partial charge is 0.147 e. The molecule has 3 N–H and O–H groups in total. The number of rotatable bonds is 7. The molecule has 29 heavy (non-hydrogen) atoms. The quantitative estimate of drug-likeness (QED) is 0.434. The number of aromatic amines is 1. The number of aromatic nitrogens is 4. The lowest BCUT2D eigenvalue weighted by atomic mass is 10.1. The number of methoxy groups -OCH3 is 1. The zero-order chi connectivity index (χ0) is 20.1. The summed E-state index contributed by atoms with van der Waals surface area (Å²) in [5.74, 6) is 1.53. The topological polar surface area (TPSA) is 87.8 Å². The fraction of sp³-hybridized carbons (Fsp3) is 0.0952. The molecule has 2 aromatic heterocycles. The molecule has 146 valence electrons. The highest BCUT2D eigenvalue weighted by molar-refractivity contribution is 5.67. The average Bonchev–Trinajstić information content (AvgIpc) is 3.29. The van der Waals surface area contributed by atoms with Gasteiger partial charge in [0.2, 0.25) is 0 Å². The molecule has 0 atom stereocenters. The summed E-state index contributed by atoms with van der Waals surface area (Å²) in [6.07, 6.45) is 4.78. The molecule has 7 nitrogen and oxygen atoms in total. The Morgan fingerprint density at radius 1 is 1.03 bits per heavy atom. The first-order chi connectivity index (χ1) is 14.2. The van der Waals surface area contributed by atoms with E-state index in [1.54, 1.807) is 31.6 Å². The van der Waals surface area contributed by atoms with Crippen molar-refractivity contribution in [2.24, 2.45) is 0 Å². The number of ether oxygens (including phenoxy) is 1. The van der Waals surface area contributed by atoms with Crippen molar-refractivity contribution in [2.75, 3.05) is 17.7 Å². The minimum atomic E-state index is -0.381. The second-order valence-electron chi connectivity index (χ2n) is 6.30. The van der Waals surface area contributed by atoms with E-state index in [4.69, 9.17) is 4.74 Å². The first-order valence-corrected chi connectivity index (χ1v) is 8.96. The molecule has 0 bridgehead atoms. The van der Waals surface area contributed by atoms with Crippen molar-refractivity contribution in [1.29, 1.82) is 0 Å². The van der Waals surface area contributed by atoms with Crippen LogP contribution in [0.3, 0.4) is 0 Å². The Balaban J connectivity index is 1.45. The number of H-pyrrole nitrogens is 1. The Bertz CT molecular complexity index is 1100. The molecule has 0 aliphatic heterocycles. The summed E-state index contributed by atoms with van der Waals surface area (Å²) in [5.41, 5.74) is 2.94. The highest BCUT2D eigenvalue weighted by atomic mass is 19.1. The Labute approximate surface area is 167 Å². The number of nitrogens with zero attached hydrogens (tertiary/aromatic N) is 3. The predicted octanol–water partition coefficient (Wildman–Crippen LogP) is 4.37. The van der Waals surface area contributed by atoms with Gasteiger partial charge in [0.25, 0.3) is 0 Å².